The number of Topliss-reactive ketones (excluding diaryl/α,β-unsaturated/α-hetero) is 1. The van der Waals surface area contributed by atoms with Gasteiger partial charge in [-0.15, -0.1) is 0 Å². The average Bonchev–Trinajstić information content (AvgIpc) is 2.91. The van der Waals surface area contributed by atoms with Gasteiger partial charge in [0.1, 0.15) is 23.6 Å². The Morgan fingerprint density at radius 2 is 1.42 bits per heavy atom. The summed E-state index contributed by atoms with van der Waals surface area (Å²) < 4.78 is 24.7. The van der Waals surface area contributed by atoms with Gasteiger partial charge in [0.15, 0.2) is 0 Å². The summed E-state index contributed by atoms with van der Waals surface area (Å²) >= 11 is 0. The number of ether oxygens (including phenoxy) is 4. The van der Waals surface area contributed by atoms with E-state index in [0.29, 0.717) is 12.8 Å². The Morgan fingerprint density at radius 3 is 1.88 bits per heavy atom. The lowest BCUT2D eigenvalue weighted by molar-refractivity contribution is -0.239. The van der Waals surface area contributed by atoms with Crippen molar-refractivity contribution in [2.75, 3.05) is 14.2 Å². The van der Waals surface area contributed by atoms with Gasteiger partial charge in [0, 0.05) is 38.4 Å². The minimum atomic E-state index is -1.86. The first kappa shape index (κ1) is 38.1. The summed E-state index contributed by atoms with van der Waals surface area (Å²) in [5.41, 5.74) is -3.89. The van der Waals surface area contributed by atoms with Gasteiger partial charge in [0.25, 0.3) is 0 Å². The molecule has 0 aromatic heterocycles. The smallest absolute Gasteiger partial charge is 0.309 e. The van der Waals surface area contributed by atoms with Gasteiger partial charge in [0.05, 0.1) is 35.4 Å². The van der Waals surface area contributed by atoms with Gasteiger partial charge in [-0.2, -0.15) is 0 Å². The molecule has 0 saturated carbocycles. The molecule has 2 aliphatic rings. The lowest BCUT2D eigenvalue weighted by atomic mass is 9.57. The maximum atomic E-state index is 14.1. The maximum absolute atomic E-state index is 14.1. The molecular formula is C34H62O9. The van der Waals surface area contributed by atoms with Crippen molar-refractivity contribution in [2.45, 2.75) is 150 Å². The van der Waals surface area contributed by atoms with Crippen molar-refractivity contribution in [3.8, 4) is 0 Å². The molecule has 0 spiro atoms. The Labute approximate surface area is 260 Å². The van der Waals surface area contributed by atoms with E-state index in [0.717, 1.165) is 0 Å². The van der Waals surface area contributed by atoms with Gasteiger partial charge in [-0.05, 0) is 57.8 Å². The first-order valence-corrected chi connectivity index (χ1v) is 16.1. The molecule has 9 nitrogen and oxygen atoms in total. The van der Waals surface area contributed by atoms with E-state index in [9.17, 15) is 24.9 Å². The van der Waals surface area contributed by atoms with Gasteiger partial charge >= 0.3 is 5.97 Å². The van der Waals surface area contributed by atoms with Crippen LogP contribution in [0, 0.1) is 40.9 Å². The van der Waals surface area contributed by atoms with E-state index < -0.39 is 77.0 Å². The molecular weight excluding hydrogens is 552 g/mol. The average molecular weight is 615 g/mol. The standard InChI is InChI=1S/C34H62O9/c1-15-24-34(12,39)28(36)21(5)26(35)18(2)16-32(10,40-13)27(31(7,8)9)19(3)25(20(4)30(38)43-24)23-17-33(11,41-14)29(37)22(6)42-23/h18-25,27-29,36-37,39H,15-17H2,1-14H3/t18-,19+,20-,21+,22+,23?,24-,25+,27+,28-,29+,32-,33-,34-/m1/s1. The highest BCUT2D eigenvalue weighted by Crippen LogP contribution is 2.51. The quantitative estimate of drug-likeness (QED) is 0.390. The van der Waals surface area contributed by atoms with Crippen LogP contribution in [0.3, 0.4) is 0 Å². The molecule has 0 amide bonds. The molecule has 2 rings (SSSR count). The van der Waals surface area contributed by atoms with Crippen molar-refractivity contribution in [2.24, 2.45) is 40.9 Å². The molecule has 3 N–H and O–H groups in total. The third-order valence-corrected chi connectivity index (χ3v) is 11.1. The van der Waals surface area contributed by atoms with E-state index in [1.807, 2.05) is 34.6 Å². The Hall–Kier alpha value is -1.10. The predicted octanol–water partition coefficient (Wildman–Crippen LogP) is 4.56. The molecule has 0 aromatic carbocycles. The number of rotatable bonds is 4. The van der Waals surface area contributed by atoms with Crippen molar-refractivity contribution in [3.05, 3.63) is 0 Å². The lowest BCUT2D eigenvalue weighted by Crippen LogP contribution is -2.61. The van der Waals surface area contributed by atoms with Gasteiger partial charge in [-0.1, -0.05) is 55.4 Å². The monoisotopic (exact) mass is 614 g/mol. The second kappa shape index (κ2) is 13.7. The highest BCUT2D eigenvalue weighted by Gasteiger charge is 2.56. The number of carbonyl (C=O) groups is 2. The minimum Gasteiger partial charge on any atom is -0.459 e. The third kappa shape index (κ3) is 7.49. The van der Waals surface area contributed by atoms with Gasteiger partial charge in [-0.3, -0.25) is 9.59 Å². The molecule has 0 aliphatic carbocycles. The first-order valence-electron chi connectivity index (χ1n) is 16.1. The Morgan fingerprint density at radius 1 is 0.884 bits per heavy atom. The summed E-state index contributed by atoms with van der Waals surface area (Å²) in [6, 6.07) is 0. The molecule has 14 atom stereocenters. The summed E-state index contributed by atoms with van der Waals surface area (Å²) in [7, 11) is 3.23. The molecule has 2 fully saturated rings. The van der Waals surface area contributed by atoms with Gasteiger partial charge < -0.3 is 34.3 Å². The number of methoxy groups -OCH3 is 2. The molecule has 252 valence electrons. The molecule has 43 heavy (non-hydrogen) atoms. The lowest BCUT2D eigenvalue weighted by Gasteiger charge is -2.54. The van der Waals surface area contributed by atoms with Crippen LogP contribution in [0.15, 0.2) is 0 Å². The zero-order valence-corrected chi connectivity index (χ0v) is 29.3. The van der Waals surface area contributed by atoms with Crippen LogP contribution in [0.1, 0.15) is 102 Å². The number of cyclic esters (lactones) is 1. The van der Waals surface area contributed by atoms with Crippen LogP contribution in [0.25, 0.3) is 0 Å². The van der Waals surface area contributed by atoms with Crippen LogP contribution in [-0.4, -0.2) is 88.6 Å². The van der Waals surface area contributed by atoms with Crippen LogP contribution in [0.4, 0.5) is 0 Å². The van der Waals surface area contributed by atoms with Crippen molar-refractivity contribution in [1.82, 2.24) is 0 Å². The van der Waals surface area contributed by atoms with Gasteiger partial charge in [-0.25, -0.2) is 0 Å². The second-order valence-electron chi connectivity index (χ2n) is 15.4. The third-order valence-electron chi connectivity index (χ3n) is 11.1. The molecule has 1 unspecified atom stereocenters. The SMILES string of the molecule is CC[C@H]1OC(=O)[C@H](C)[C@@H](C2C[C@@](C)(OC)[C@@H](O)[C@H](C)O2)[C@H](C)[C@@H](C(C)(C)C)[C@](C)(OC)C[C@@H](C)C(=O)[C@H](C)[C@@H](O)[C@]1(C)O. The summed E-state index contributed by atoms with van der Waals surface area (Å²) in [5, 5.41) is 33.8. The maximum Gasteiger partial charge on any atom is 0.309 e. The Balaban J connectivity index is 2.84. The van der Waals surface area contributed by atoms with Crippen LogP contribution in [0.5, 0.6) is 0 Å². The number of carbonyl (C=O) groups excluding carboxylic acids is 2. The van der Waals surface area contributed by atoms with Crippen molar-refractivity contribution in [3.63, 3.8) is 0 Å². The number of hydrogen-bond donors (Lipinski definition) is 3. The number of esters is 1. The fourth-order valence-electron chi connectivity index (χ4n) is 8.81. The van der Waals surface area contributed by atoms with Crippen LogP contribution < -0.4 is 0 Å². The molecule has 2 aliphatic heterocycles. The highest BCUT2D eigenvalue weighted by atomic mass is 16.6. The van der Waals surface area contributed by atoms with E-state index in [2.05, 4.69) is 27.7 Å². The molecule has 9 heteroatoms. The fraction of sp³-hybridized carbons (Fsp3) is 0.941. The molecule has 2 heterocycles. The van der Waals surface area contributed by atoms with Crippen LogP contribution in [0.2, 0.25) is 0 Å². The van der Waals surface area contributed by atoms with E-state index in [4.69, 9.17) is 18.9 Å². The molecule has 2 saturated heterocycles. The summed E-state index contributed by atoms with van der Waals surface area (Å²) in [6.07, 6.45) is -3.40. The molecule has 0 bridgehead atoms. The topological polar surface area (TPSA) is 132 Å². The van der Waals surface area contributed by atoms with Crippen molar-refractivity contribution < 1.29 is 43.9 Å². The zero-order chi connectivity index (χ0) is 33.5. The van der Waals surface area contributed by atoms with Crippen molar-refractivity contribution >= 4 is 11.8 Å². The van der Waals surface area contributed by atoms with Gasteiger partial charge in [0.2, 0.25) is 0 Å². The van der Waals surface area contributed by atoms with E-state index in [-0.39, 0.29) is 29.5 Å². The first-order chi connectivity index (χ1) is 19.5. The highest BCUT2D eigenvalue weighted by molar-refractivity contribution is 5.83. The predicted molar refractivity (Wildman–Crippen MR) is 165 cm³/mol. The summed E-state index contributed by atoms with van der Waals surface area (Å²) in [5.74, 6) is -3.52. The largest absolute Gasteiger partial charge is 0.459 e. The van der Waals surface area contributed by atoms with Crippen LogP contribution in [-0.2, 0) is 28.5 Å². The molecule has 0 aromatic rings. The fourth-order valence-corrected chi connectivity index (χ4v) is 8.81. The Kier molecular flexibility index (Phi) is 12.1. The number of ketones is 1. The number of hydrogen-bond acceptors (Lipinski definition) is 9. The summed E-state index contributed by atoms with van der Waals surface area (Å²) in [4.78, 5) is 27.8. The summed E-state index contributed by atoms with van der Waals surface area (Å²) in [6.45, 7) is 22.7. The van der Waals surface area contributed by atoms with Crippen LogP contribution >= 0.6 is 0 Å². The Bertz CT molecular complexity index is 960. The van der Waals surface area contributed by atoms with E-state index in [1.165, 1.54) is 6.92 Å². The number of aliphatic hydroxyl groups excluding tert-OH is 2. The minimum absolute atomic E-state index is 0.159. The molecule has 0 radical (unpaired) electrons. The normalized spacial score (nSPS) is 48.0. The zero-order valence-electron chi connectivity index (χ0n) is 29.3. The second-order valence-corrected chi connectivity index (χ2v) is 15.4. The number of aliphatic hydroxyl groups is 3. The van der Waals surface area contributed by atoms with E-state index >= 15 is 0 Å². The van der Waals surface area contributed by atoms with E-state index in [1.54, 1.807) is 28.1 Å². The van der Waals surface area contributed by atoms with Crippen molar-refractivity contribution in [1.29, 1.82) is 0 Å².